The first-order valence-electron chi connectivity index (χ1n) is 7.88. The SMILES string of the molecule is CCCN(C(=O)OCc1ccccc1)C(CCSCC)C(=O)O. The maximum absolute atomic E-state index is 12.3. The molecule has 0 saturated heterocycles. The van der Waals surface area contributed by atoms with Crippen LogP contribution >= 0.6 is 11.8 Å². The summed E-state index contributed by atoms with van der Waals surface area (Å²) in [6, 6.07) is 8.52. The van der Waals surface area contributed by atoms with E-state index in [4.69, 9.17) is 4.74 Å². The fourth-order valence-corrected chi connectivity index (χ4v) is 2.85. The van der Waals surface area contributed by atoms with Crippen LogP contribution in [0.15, 0.2) is 30.3 Å². The lowest BCUT2D eigenvalue weighted by atomic mass is 10.2. The van der Waals surface area contributed by atoms with Gasteiger partial charge in [-0.3, -0.25) is 4.90 Å². The second-order valence-corrected chi connectivity index (χ2v) is 6.47. The molecule has 0 aromatic heterocycles. The van der Waals surface area contributed by atoms with Gasteiger partial charge < -0.3 is 9.84 Å². The predicted molar refractivity (Wildman–Crippen MR) is 92.7 cm³/mol. The Labute approximate surface area is 142 Å². The summed E-state index contributed by atoms with van der Waals surface area (Å²) in [5.74, 6) is 0.657. The molecule has 0 spiro atoms. The second-order valence-electron chi connectivity index (χ2n) is 5.07. The number of carboxylic acid groups (broad SMARTS) is 1. The largest absolute Gasteiger partial charge is 0.480 e. The summed E-state index contributed by atoms with van der Waals surface area (Å²) in [5, 5.41) is 9.45. The molecule has 0 aliphatic carbocycles. The Morgan fingerprint density at radius 2 is 1.96 bits per heavy atom. The van der Waals surface area contributed by atoms with Crippen molar-refractivity contribution in [3.8, 4) is 0 Å². The van der Waals surface area contributed by atoms with Gasteiger partial charge in [-0.15, -0.1) is 0 Å². The van der Waals surface area contributed by atoms with Gasteiger partial charge in [-0.25, -0.2) is 9.59 Å². The summed E-state index contributed by atoms with van der Waals surface area (Å²) in [6.45, 7) is 4.47. The van der Waals surface area contributed by atoms with E-state index < -0.39 is 18.1 Å². The fourth-order valence-electron chi connectivity index (χ4n) is 2.17. The molecular weight excluding hydrogens is 314 g/mol. The van der Waals surface area contributed by atoms with E-state index in [2.05, 4.69) is 0 Å². The number of carbonyl (C=O) groups is 2. The number of benzene rings is 1. The van der Waals surface area contributed by atoms with Crippen LogP contribution in [-0.4, -0.2) is 46.2 Å². The molecule has 128 valence electrons. The topological polar surface area (TPSA) is 66.8 Å². The summed E-state index contributed by atoms with van der Waals surface area (Å²) in [4.78, 5) is 25.2. The molecule has 0 aliphatic heterocycles. The molecule has 0 radical (unpaired) electrons. The lowest BCUT2D eigenvalue weighted by Gasteiger charge is -2.28. The molecule has 0 saturated carbocycles. The standard InChI is InChI=1S/C17H25NO4S/c1-3-11-18(15(16(19)20)10-12-23-4-2)17(21)22-13-14-8-6-5-7-9-14/h5-9,15H,3-4,10-13H2,1-2H3,(H,19,20). The molecule has 23 heavy (non-hydrogen) atoms. The van der Waals surface area contributed by atoms with E-state index in [1.807, 2.05) is 44.2 Å². The maximum Gasteiger partial charge on any atom is 0.410 e. The van der Waals surface area contributed by atoms with Crippen LogP contribution in [0.25, 0.3) is 0 Å². The summed E-state index contributed by atoms with van der Waals surface area (Å²) >= 11 is 1.67. The molecule has 0 heterocycles. The van der Waals surface area contributed by atoms with Gasteiger partial charge in [0.05, 0.1) is 0 Å². The number of thioether (sulfide) groups is 1. The lowest BCUT2D eigenvalue weighted by Crippen LogP contribution is -2.46. The van der Waals surface area contributed by atoms with Gasteiger partial charge in [0.15, 0.2) is 0 Å². The number of rotatable bonds is 10. The minimum atomic E-state index is -0.980. The number of carboxylic acids is 1. The van der Waals surface area contributed by atoms with Crippen LogP contribution in [0.3, 0.4) is 0 Å². The van der Waals surface area contributed by atoms with Crippen molar-refractivity contribution >= 4 is 23.8 Å². The van der Waals surface area contributed by atoms with Crippen molar-refractivity contribution in [2.24, 2.45) is 0 Å². The molecule has 1 aromatic rings. The molecule has 6 heteroatoms. The molecular formula is C17H25NO4S. The molecule has 1 rings (SSSR count). The molecule has 5 nitrogen and oxygen atoms in total. The van der Waals surface area contributed by atoms with Crippen molar-refractivity contribution in [3.63, 3.8) is 0 Å². The van der Waals surface area contributed by atoms with Crippen LogP contribution in [0.4, 0.5) is 4.79 Å². The van der Waals surface area contributed by atoms with Crippen molar-refractivity contribution in [1.82, 2.24) is 4.90 Å². The maximum atomic E-state index is 12.3. The molecule has 1 atom stereocenters. The predicted octanol–water partition coefficient (Wildman–Crippen LogP) is 3.63. The first-order chi connectivity index (χ1) is 11.1. The van der Waals surface area contributed by atoms with Gasteiger partial charge >= 0.3 is 12.1 Å². The molecule has 1 aromatic carbocycles. The number of aliphatic carboxylic acids is 1. The third-order valence-corrected chi connectivity index (χ3v) is 4.24. The minimum absolute atomic E-state index is 0.149. The van der Waals surface area contributed by atoms with Crippen molar-refractivity contribution in [2.45, 2.75) is 39.3 Å². The Morgan fingerprint density at radius 3 is 2.52 bits per heavy atom. The van der Waals surface area contributed by atoms with Gasteiger partial charge in [0.1, 0.15) is 12.6 Å². The van der Waals surface area contributed by atoms with Gasteiger partial charge in [0.2, 0.25) is 0 Å². The number of hydrogen-bond acceptors (Lipinski definition) is 4. The van der Waals surface area contributed by atoms with E-state index >= 15 is 0 Å². The summed E-state index contributed by atoms with van der Waals surface area (Å²) in [7, 11) is 0. The highest BCUT2D eigenvalue weighted by molar-refractivity contribution is 7.99. The van der Waals surface area contributed by atoms with E-state index in [0.29, 0.717) is 25.1 Å². The quantitative estimate of drug-likeness (QED) is 0.659. The van der Waals surface area contributed by atoms with Gasteiger partial charge in [0.25, 0.3) is 0 Å². The van der Waals surface area contributed by atoms with Crippen LogP contribution in [0.5, 0.6) is 0 Å². The zero-order chi connectivity index (χ0) is 17.1. The Kier molecular flexibility index (Phi) is 9.21. The number of hydrogen-bond donors (Lipinski definition) is 1. The van der Waals surface area contributed by atoms with E-state index in [9.17, 15) is 14.7 Å². The van der Waals surface area contributed by atoms with Crippen LogP contribution in [0.1, 0.15) is 32.3 Å². The Morgan fingerprint density at radius 1 is 1.26 bits per heavy atom. The van der Waals surface area contributed by atoms with Crippen LogP contribution in [0.2, 0.25) is 0 Å². The zero-order valence-corrected chi connectivity index (χ0v) is 14.6. The average molecular weight is 339 g/mol. The fraction of sp³-hybridized carbons (Fsp3) is 0.529. The highest BCUT2D eigenvalue weighted by Gasteiger charge is 2.29. The smallest absolute Gasteiger partial charge is 0.410 e. The normalized spacial score (nSPS) is 11.7. The Hall–Kier alpha value is -1.69. The van der Waals surface area contributed by atoms with Crippen LogP contribution in [-0.2, 0) is 16.1 Å². The van der Waals surface area contributed by atoms with Crippen molar-refractivity contribution in [1.29, 1.82) is 0 Å². The van der Waals surface area contributed by atoms with Gasteiger partial charge in [-0.05, 0) is 29.9 Å². The highest BCUT2D eigenvalue weighted by atomic mass is 32.2. The molecule has 0 aliphatic rings. The van der Waals surface area contributed by atoms with Crippen molar-refractivity contribution < 1.29 is 19.4 Å². The first kappa shape index (κ1) is 19.4. The van der Waals surface area contributed by atoms with Gasteiger partial charge in [0, 0.05) is 6.54 Å². The Balaban J connectivity index is 2.68. The number of carbonyl (C=O) groups excluding carboxylic acids is 1. The molecule has 0 bridgehead atoms. The molecule has 1 unspecified atom stereocenters. The van der Waals surface area contributed by atoms with E-state index in [-0.39, 0.29) is 6.61 Å². The van der Waals surface area contributed by atoms with Gasteiger partial charge in [-0.1, -0.05) is 44.2 Å². The Bertz CT molecular complexity index is 481. The first-order valence-corrected chi connectivity index (χ1v) is 9.03. The summed E-state index contributed by atoms with van der Waals surface area (Å²) in [5.41, 5.74) is 0.880. The average Bonchev–Trinajstić information content (AvgIpc) is 2.56. The highest BCUT2D eigenvalue weighted by Crippen LogP contribution is 2.14. The molecule has 1 N–H and O–H groups in total. The zero-order valence-electron chi connectivity index (χ0n) is 13.7. The number of amides is 1. The van der Waals surface area contributed by atoms with Crippen molar-refractivity contribution in [3.05, 3.63) is 35.9 Å². The van der Waals surface area contributed by atoms with E-state index in [0.717, 1.165) is 11.3 Å². The van der Waals surface area contributed by atoms with Gasteiger partial charge in [-0.2, -0.15) is 11.8 Å². The summed E-state index contributed by atoms with van der Waals surface area (Å²) in [6.07, 6.45) is 0.545. The lowest BCUT2D eigenvalue weighted by molar-refractivity contribution is -0.142. The third-order valence-electron chi connectivity index (χ3n) is 3.31. The molecule has 1 amide bonds. The number of nitrogens with zero attached hydrogens (tertiary/aromatic N) is 1. The second kappa shape index (κ2) is 10.9. The third kappa shape index (κ3) is 6.95. The number of ether oxygens (including phenoxy) is 1. The monoisotopic (exact) mass is 339 g/mol. The molecule has 0 fully saturated rings. The van der Waals surface area contributed by atoms with Crippen molar-refractivity contribution in [2.75, 3.05) is 18.1 Å². The van der Waals surface area contributed by atoms with Crippen LogP contribution in [0, 0.1) is 0 Å². The van der Waals surface area contributed by atoms with E-state index in [1.54, 1.807) is 11.8 Å². The summed E-state index contributed by atoms with van der Waals surface area (Å²) < 4.78 is 5.30. The minimum Gasteiger partial charge on any atom is -0.480 e. The van der Waals surface area contributed by atoms with E-state index in [1.165, 1.54) is 4.90 Å². The van der Waals surface area contributed by atoms with Crippen LogP contribution < -0.4 is 0 Å².